The molecule has 4 nitrogen and oxygen atoms in total. The topological polar surface area (TPSA) is 58.1 Å². The van der Waals surface area contributed by atoms with Crippen LogP contribution in [0.15, 0.2) is 12.3 Å². The molecule has 0 unspecified atom stereocenters. The van der Waals surface area contributed by atoms with Gasteiger partial charge in [-0.2, -0.15) is 0 Å². The van der Waals surface area contributed by atoms with E-state index in [2.05, 4.69) is 30.7 Å². The van der Waals surface area contributed by atoms with Gasteiger partial charge in [0.15, 0.2) is 0 Å². The van der Waals surface area contributed by atoms with Gasteiger partial charge < -0.3 is 14.8 Å². The van der Waals surface area contributed by atoms with Crippen LogP contribution in [0.5, 0.6) is 5.75 Å². The number of rotatable bonds is 4. The van der Waals surface area contributed by atoms with Gasteiger partial charge in [0.05, 0.1) is 25.6 Å². The van der Waals surface area contributed by atoms with Gasteiger partial charge in [-0.1, -0.05) is 0 Å². The molecule has 0 aliphatic heterocycles. The van der Waals surface area contributed by atoms with Crippen molar-refractivity contribution < 1.29 is 9.84 Å². The standard InChI is InChI=1S/C15H20N2O2/c1-9-7-13(19-4)10(2)11(3)15(9)12-8-16-14(17-12)5-6-18/h7-8,18H,5-6H2,1-4H3,(H,16,17). The average Bonchev–Trinajstić information content (AvgIpc) is 2.83. The first-order valence-electron chi connectivity index (χ1n) is 6.38. The molecule has 0 atom stereocenters. The number of aryl methyl sites for hydroxylation is 1. The van der Waals surface area contributed by atoms with E-state index in [9.17, 15) is 0 Å². The molecule has 2 aromatic rings. The van der Waals surface area contributed by atoms with Gasteiger partial charge in [0.25, 0.3) is 0 Å². The van der Waals surface area contributed by atoms with Crippen LogP contribution in [0.2, 0.25) is 0 Å². The number of methoxy groups -OCH3 is 1. The van der Waals surface area contributed by atoms with E-state index in [1.807, 2.05) is 12.3 Å². The van der Waals surface area contributed by atoms with Crippen LogP contribution in [-0.4, -0.2) is 28.8 Å². The maximum atomic E-state index is 8.94. The number of benzene rings is 1. The summed E-state index contributed by atoms with van der Waals surface area (Å²) in [6, 6.07) is 2.05. The number of ether oxygens (including phenoxy) is 1. The van der Waals surface area contributed by atoms with Crippen LogP contribution >= 0.6 is 0 Å². The van der Waals surface area contributed by atoms with Gasteiger partial charge >= 0.3 is 0 Å². The number of aliphatic hydroxyl groups is 1. The SMILES string of the molecule is COc1cc(C)c(-c2cnc(CCO)[nH]2)c(C)c1C. The zero-order valence-corrected chi connectivity index (χ0v) is 11.9. The van der Waals surface area contributed by atoms with E-state index < -0.39 is 0 Å². The molecule has 2 N–H and O–H groups in total. The maximum Gasteiger partial charge on any atom is 0.122 e. The van der Waals surface area contributed by atoms with Gasteiger partial charge in [0.2, 0.25) is 0 Å². The van der Waals surface area contributed by atoms with Crippen molar-refractivity contribution in [1.82, 2.24) is 9.97 Å². The number of hydrogen-bond donors (Lipinski definition) is 2. The predicted molar refractivity (Wildman–Crippen MR) is 75.6 cm³/mol. The van der Waals surface area contributed by atoms with Crippen molar-refractivity contribution in [2.24, 2.45) is 0 Å². The Labute approximate surface area is 113 Å². The summed E-state index contributed by atoms with van der Waals surface area (Å²) < 4.78 is 5.38. The Morgan fingerprint density at radius 1 is 1.26 bits per heavy atom. The summed E-state index contributed by atoms with van der Waals surface area (Å²) >= 11 is 0. The Kier molecular flexibility index (Phi) is 3.90. The molecule has 19 heavy (non-hydrogen) atoms. The number of imidazole rings is 1. The second-order valence-corrected chi connectivity index (χ2v) is 4.74. The number of nitrogens with one attached hydrogen (secondary N) is 1. The van der Waals surface area contributed by atoms with Crippen molar-refractivity contribution in [3.63, 3.8) is 0 Å². The van der Waals surface area contributed by atoms with Gasteiger partial charge in [-0.3, -0.25) is 0 Å². The minimum absolute atomic E-state index is 0.104. The van der Waals surface area contributed by atoms with Gasteiger partial charge in [-0.15, -0.1) is 0 Å². The second kappa shape index (κ2) is 5.45. The molecule has 102 valence electrons. The molecule has 0 saturated carbocycles. The highest BCUT2D eigenvalue weighted by molar-refractivity contribution is 5.70. The predicted octanol–water partition coefficient (Wildman–Crippen LogP) is 2.55. The first-order valence-corrected chi connectivity index (χ1v) is 6.38. The average molecular weight is 260 g/mol. The van der Waals surface area contributed by atoms with E-state index in [0.717, 1.165) is 34.0 Å². The van der Waals surface area contributed by atoms with E-state index in [4.69, 9.17) is 9.84 Å². The largest absolute Gasteiger partial charge is 0.496 e. The molecule has 0 spiro atoms. The lowest BCUT2D eigenvalue weighted by Gasteiger charge is -2.14. The Hall–Kier alpha value is -1.81. The minimum Gasteiger partial charge on any atom is -0.496 e. The lowest BCUT2D eigenvalue weighted by Crippen LogP contribution is -1.97. The first-order chi connectivity index (χ1) is 9.08. The van der Waals surface area contributed by atoms with Crippen LogP contribution in [0.25, 0.3) is 11.3 Å². The normalized spacial score (nSPS) is 10.8. The first kappa shape index (κ1) is 13.6. The summed E-state index contributed by atoms with van der Waals surface area (Å²) in [5.41, 5.74) is 5.63. The number of nitrogens with zero attached hydrogens (tertiary/aromatic N) is 1. The van der Waals surface area contributed by atoms with Crippen molar-refractivity contribution in [1.29, 1.82) is 0 Å². The smallest absolute Gasteiger partial charge is 0.122 e. The molecule has 1 heterocycles. The summed E-state index contributed by atoms with van der Waals surface area (Å²) in [6.07, 6.45) is 2.37. The van der Waals surface area contributed by atoms with E-state index in [-0.39, 0.29) is 6.61 Å². The molecular formula is C15H20N2O2. The number of aromatic amines is 1. The fourth-order valence-corrected chi connectivity index (χ4v) is 2.39. The monoisotopic (exact) mass is 260 g/mol. The highest BCUT2D eigenvalue weighted by Crippen LogP contribution is 2.33. The molecule has 4 heteroatoms. The third-order valence-corrected chi connectivity index (χ3v) is 3.52. The molecule has 0 saturated heterocycles. The number of aromatic nitrogens is 2. The van der Waals surface area contributed by atoms with Gasteiger partial charge in [0.1, 0.15) is 11.6 Å². The molecule has 0 aliphatic rings. The van der Waals surface area contributed by atoms with E-state index in [0.29, 0.717) is 6.42 Å². The Morgan fingerprint density at radius 3 is 2.63 bits per heavy atom. The van der Waals surface area contributed by atoms with Crippen molar-refractivity contribution in [3.05, 3.63) is 34.8 Å². The summed E-state index contributed by atoms with van der Waals surface area (Å²) in [4.78, 5) is 7.55. The summed E-state index contributed by atoms with van der Waals surface area (Å²) in [7, 11) is 1.69. The minimum atomic E-state index is 0.104. The summed E-state index contributed by atoms with van der Waals surface area (Å²) in [5.74, 6) is 1.72. The highest BCUT2D eigenvalue weighted by atomic mass is 16.5. The molecule has 0 fully saturated rings. The summed E-state index contributed by atoms with van der Waals surface area (Å²) in [6.45, 7) is 6.32. The second-order valence-electron chi connectivity index (χ2n) is 4.74. The lowest BCUT2D eigenvalue weighted by atomic mass is 9.95. The van der Waals surface area contributed by atoms with Crippen LogP contribution in [-0.2, 0) is 6.42 Å². The van der Waals surface area contributed by atoms with E-state index in [1.54, 1.807) is 7.11 Å². The molecule has 2 rings (SSSR count). The number of aliphatic hydroxyl groups excluding tert-OH is 1. The summed E-state index contributed by atoms with van der Waals surface area (Å²) in [5, 5.41) is 8.94. The van der Waals surface area contributed by atoms with Crippen LogP contribution in [0.1, 0.15) is 22.5 Å². The number of H-pyrrole nitrogens is 1. The third-order valence-electron chi connectivity index (χ3n) is 3.52. The van der Waals surface area contributed by atoms with E-state index in [1.165, 1.54) is 5.56 Å². The number of hydrogen-bond acceptors (Lipinski definition) is 3. The van der Waals surface area contributed by atoms with Gasteiger partial charge in [-0.05, 0) is 43.5 Å². The molecule has 0 amide bonds. The van der Waals surface area contributed by atoms with E-state index >= 15 is 0 Å². The Morgan fingerprint density at radius 2 is 2.00 bits per heavy atom. The fourth-order valence-electron chi connectivity index (χ4n) is 2.39. The molecular weight excluding hydrogens is 240 g/mol. The molecule has 0 radical (unpaired) electrons. The lowest BCUT2D eigenvalue weighted by molar-refractivity contribution is 0.297. The van der Waals surface area contributed by atoms with Gasteiger partial charge in [0, 0.05) is 12.0 Å². The van der Waals surface area contributed by atoms with Crippen LogP contribution in [0.3, 0.4) is 0 Å². The van der Waals surface area contributed by atoms with Crippen molar-refractivity contribution in [3.8, 4) is 17.0 Å². The fraction of sp³-hybridized carbons (Fsp3) is 0.400. The highest BCUT2D eigenvalue weighted by Gasteiger charge is 2.14. The molecule has 1 aromatic carbocycles. The van der Waals surface area contributed by atoms with Crippen LogP contribution in [0, 0.1) is 20.8 Å². The quantitative estimate of drug-likeness (QED) is 0.888. The van der Waals surface area contributed by atoms with Crippen LogP contribution in [0.4, 0.5) is 0 Å². The zero-order valence-electron chi connectivity index (χ0n) is 11.9. The Balaban J connectivity index is 2.52. The molecule has 0 bridgehead atoms. The van der Waals surface area contributed by atoms with Crippen molar-refractivity contribution >= 4 is 0 Å². The van der Waals surface area contributed by atoms with Gasteiger partial charge in [-0.25, -0.2) is 4.98 Å². The third kappa shape index (κ3) is 2.49. The van der Waals surface area contributed by atoms with Crippen LogP contribution < -0.4 is 4.74 Å². The zero-order chi connectivity index (χ0) is 14.0. The maximum absolute atomic E-state index is 8.94. The molecule has 0 aliphatic carbocycles. The van der Waals surface area contributed by atoms with Crippen molar-refractivity contribution in [2.75, 3.05) is 13.7 Å². The molecule has 1 aromatic heterocycles. The Bertz CT molecular complexity index is 588. The van der Waals surface area contributed by atoms with Crippen molar-refractivity contribution in [2.45, 2.75) is 27.2 Å².